The monoisotopic (exact) mass is 450 g/mol. The molecule has 0 radical (unpaired) electrons. The maximum Gasteiger partial charge on any atom is 0.530 e. The van der Waals surface area contributed by atoms with Gasteiger partial charge in [-0.25, -0.2) is 9.36 Å². The van der Waals surface area contributed by atoms with Gasteiger partial charge in [0, 0.05) is 17.0 Å². The van der Waals surface area contributed by atoms with E-state index >= 15 is 0 Å². The van der Waals surface area contributed by atoms with Crippen LogP contribution in [0.5, 0.6) is 5.75 Å². The smallest absolute Gasteiger partial charge is 0.422 e. The molecular formula is C25H23O6P. The summed E-state index contributed by atoms with van der Waals surface area (Å²) in [4.78, 5) is 11.9. The zero-order valence-electron chi connectivity index (χ0n) is 17.8. The molecule has 0 aliphatic heterocycles. The molecule has 1 aromatic heterocycles. The van der Waals surface area contributed by atoms with Gasteiger partial charge in [0.15, 0.2) is 0 Å². The van der Waals surface area contributed by atoms with Crippen molar-refractivity contribution in [2.45, 2.75) is 27.1 Å². The number of rotatable bonds is 8. The molecule has 4 aromatic rings. The van der Waals surface area contributed by atoms with Crippen molar-refractivity contribution >= 4 is 18.8 Å². The third kappa shape index (κ3) is 5.17. The molecule has 0 spiro atoms. The van der Waals surface area contributed by atoms with E-state index in [9.17, 15) is 9.36 Å². The van der Waals surface area contributed by atoms with E-state index in [-0.39, 0.29) is 19.0 Å². The summed E-state index contributed by atoms with van der Waals surface area (Å²) in [5, 5.41) is 0.777. The summed E-state index contributed by atoms with van der Waals surface area (Å²) in [6, 6.07) is 23.6. The summed E-state index contributed by atoms with van der Waals surface area (Å²) in [6.45, 7) is 3.66. The van der Waals surface area contributed by atoms with Crippen molar-refractivity contribution < 1.29 is 22.6 Å². The van der Waals surface area contributed by atoms with Crippen LogP contribution >= 0.6 is 7.82 Å². The van der Waals surface area contributed by atoms with Crippen molar-refractivity contribution in [1.82, 2.24) is 0 Å². The lowest BCUT2D eigenvalue weighted by Crippen LogP contribution is -2.05. The minimum atomic E-state index is -4.02. The van der Waals surface area contributed by atoms with E-state index in [1.807, 2.05) is 67.6 Å². The van der Waals surface area contributed by atoms with Crippen LogP contribution in [0.4, 0.5) is 0 Å². The van der Waals surface area contributed by atoms with Gasteiger partial charge in [0.1, 0.15) is 11.3 Å². The Labute approximate surface area is 186 Å². The van der Waals surface area contributed by atoms with Gasteiger partial charge in [0.25, 0.3) is 0 Å². The Morgan fingerprint density at radius 1 is 0.812 bits per heavy atom. The van der Waals surface area contributed by atoms with Gasteiger partial charge < -0.3 is 8.94 Å². The maximum absolute atomic E-state index is 13.6. The van der Waals surface area contributed by atoms with E-state index < -0.39 is 13.4 Å². The van der Waals surface area contributed by atoms with Crippen LogP contribution in [-0.4, -0.2) is 0 Å². The van der Waals surface area contributed by atoms with Gasteiger partial charge in [-0.15, -0.1) is 0 Å². The SMILES string of the molecule is Cc1cc(=O)oc2c(C)c(OP(=O)(OCc3ccccc3)OCc3ccccc3)ccc12. The third-order valence-electron chi connectivity index (χ3n) is 4.99. The van der Waals surface area contributed by atoms with Gasteiger partial charge >= 0.3 is 13.4 Å². The van der Waals surface area contributed by atoms with E-state index in [1.54, 1.807) is 19.1 Å². The third-order valence-corrected chi connectivity index (χ3v) is 6.30. The Kier molecular flexibility index (Phi) is 6.56. The van der Waals surface area contributed by atoms with Crippen LogP contribution in [0.2, 0.25) is 0 Å². The van der Waals surface area contributed by atoms with Crippen LogP contribution in [0.15, 0.2) is 88.1 Å². The van der Waals surface area contributed by atoms with Crippen molar-refractivity contribution in [3.8, 4) is 5.75 Å². The summed E-state index contributed by atoms with van der Waals surface area (Å²) in [6.07, 6.45) is 0. The normalized spacial score (nSPS) is 11.6. The van der Waals surface area contributed by atoms with Gasteiger partial charge in [0.05, 0.1) is 13.2 Å². The lowest BCUT2D eigenvalue weighted by Gasteiger charge is -2.20. The first-order valence-corrected chi connectivity index (χ1v) is 11.6. The Morgan fingerprint density at radius 2 is 1.38 bits per heavy atom. The second-order valence-corrected chi connectivity index (χ2v) is 8.96. The van der Waals surface area contributed by atoms with Crippen molar-refractivity contribution in [1.29, 1.82) is 0 Å². The van der Waals surface area contributed by atoms with Crippen LogP contribution < -0.4 is 10.1 Å². The number of phosphoric ester groups is 1. The molecule has 0 amide bonds. The molecule has 6 nitrogen and oxygen atoms in total. The Balaban J connectivity index is 1.63. The van der Waals surface area contributed by atoms with E-state index in [2.05, 4.69) is 0 Å². The van der Waals surface area contributed by atoms with E-state index in [0.717, 1.165) is 22.1 Å². The highest BCUT2D eigenvalue weighted by molar-refractivity contribution is 7.48. The molecule has 4 rings (SSSR count). The summed E-state index contributed by atoms with van der Waals surface area (Å²) in [5.41, 5.74) is 2.90. The standard InChI is InChI=1S/C25H23O6P/c1-18-15-24(26)30-25-19(2)23(14-13-22(18)25)31-32(27,28-16-20-9-5-3-6-10-20)29-17-21-11-7-4-8-12-21/h3-15H,16-17H2,1-2H3. The quantitative estimate of drug-likeness (QED) is 0.231. The molecule has 7 heteroatoms. The fourth-order valence-corrected chi connectivity index (χ4v) is 4.50. The first-order chi connectivity index (χ1) is 15.4. The molecule has 0 aliphatic rings. The molecule has 0 N–H and O–H groups in total. The molecule has 0 unspecified atom stereocenters. The van der Waals surface area contributed by atoms with E-state index in [0.29, 0.717) is 11.1 Å². The second-order valence-electron chi connectivity index (χ2n) is 7.37. The average Bonchev–Trinajstić information content (AvgIpc) is 2.80. The molecule has 0 saturated heterocycles. The predicted octanol–water partition coefficient (Wildman–Crippen LogP) is 6.33. The predicted molar refractivity (Wildman–Crippen MR) is 123 cm³/mol. The molecule has 0 aliphatic carbocycles. The lowest BCUT2D eigenvalue weighted by molar-refractivity contribution is 0.143. The molecule has 32 heavy (non-hydrogen) atoms. The van der Waals surface area contributed by atoms with Gasteiger partial charge in [0.2, 0.25) is 0 Å². The number of hydrogen-bond donors (Lipinski definition) is 0. The van der Waals surface area contributed by atoms with Crippen molar-refractivity contribution in [3.05, 3.63) is 112 Å². The second kappa shape index (κ2) is 9.53. The highest BCUT2D eigenvalue weighted by Crippen LogP contribution is 2.52. The number of phosphoric acid groups is 1. The largest absolute Gasteiger partial charge is 0.530 e. The van der Waals surface area contributed by atoms with Crippen molar-refractivity contribution in [2.24, 2.45) is 0 Å². The maximum atomic E-state index is 13.6. The van der Waals surface area contributed by atoms with E-state index in [4.69, 9.17) is 18.0 Å². The molecule has 0 saturated carbocycles. The zero-order valence-corrected chi connectivity index (χ0v) is 18.7. The van der Waals surface area contributed by atoms with Gasteiger partial charge in [-0.3, -0.25) is 9.05 Å². The molecule has 3 aromatic carbocycles. The fraction of sp³-hybridized carbons (Fsp3) is 0.160. The number of benzene rings is 3. The highest BCUT2D eigenvalue weighted by Gasteiger charge is 2.30. The summed E-state index contributed by atoms with van der Waals surface area (Å²) in [7, 11) is -4.02. The molecular weight excluding hydrogens is 427 g/mol. The number of hydrogen-bond acceptors (Lipinski definition) is 6. The van der Waals surface area contributed by atoms with Crippen LogP contribution in [0.1, 0.15) is 22.3 Å². The van der Waals surface area contributed by atoms with Crippen molar-refractivity contribution in [2.75, 3.05) is 0 Å². The molecule has 1 heterocycles. The molecule has 0 bridgehead atoms. The van der Waals surface area contributed by atoms with Gasteiger partial charge in [-0.05, 0) is 42.7 Å². The van der Waals surface area contributed by atoms with Crippen LogP contribution in [0, 0.1) is 13.8 Å². The number of aryl methyl sites for hydroxylation is 2. The number of fused-ring (bicyclic) bond motifs is 1. The van der Waals surface area contributed by atoms with Gasteiger partial charge in [-0.1, -0.05) is 60.7 Å². The topological polar surface area (TPSA) is 75.0 Å². The average molecular weight is 450 g/mol. The Hall–Kier alpha value is -3.18. The summed E-state index contributed by atoms with van der Waals surface area (Å²) >= 11 is 0. The zero-order chi connectivity index (χ0) is 22.6. The van der Waals surface area contributed by atoms with E-state index in [1.165, 1.54) is 6.07 Å². The summed E-state index contributed by atoms with van der Waals surface area (Å²) in [5.74, 6) is 0.260. The molecule has 164 valence electrons. The van der Waals surface area contributed by atoms with Crippen molar-refractivity contribution in [3.63, 3.8) is 0 Å². The molecule has 0 fully saturated rings. The van der Waals surface area contributed by atoms with Crippen LogP contribution in [-0.2, 0) is 26.8 Å². The fourth-order valence-electron chi connectivity index (χ4n) is 3.27. The minimum Gasteiger partial charge on any atom is -0.422 e. The Morgan fingerprint density at radius 3 is 1.94 bits per heavy atom. The highest BCUT2D eigenvalue weighted by atomic mass is 31.2. The van der Waals surface area contributed by atoms with Crippen LogP contribution in [0.3, 0.4) is 0 Å². The van der Waals surface area contributed by atoms with Crippen LogP contribution in [0.25, 0.3) is 11.0 Å². The summed E-state index contributed by atoms with van der Waals surface area (Å²) < 4.78 is 36.1. The first kappa shape index (κ1) is 22.0. The molecule has 0 atom stereocenters. The first-order valence-electron chi connectivity index (χ1n) is 10.1. The lowest BCUT2D eigenvalue weighted by atomic mass is 10.1. The minimum absolute atomic E-state index is 0.0493. The Bertz CT molecular complexity index is 1270. The van der Waals surface area contributed by atoms with Gasteiger partial charge in [-0.2, -0.15) is 0 Å².